The van der Waals surface area contributed by atoms with Gasteiger partial charge in [0.05, 0.1) is 5.60 Å². The molecular formula is C12H21NO. The summed E-state index contributed by atoms with van der Waals surface area (Å²) in [5.74, 6) is 1.97. The van der Waals surface area contributed by atoms with Crippen molar-refractivity contribution in [3.05, 3.63) is 0 Å². The molecule has 1 N–H and O–H groups in total. The van der Waals surface area contributed by atoms with Crippen LogP contribution >= 0.6 is 0 Å². The molecule has 1 saturated heterocycles. The highest BCUT2D eigenvalue weighted by Crippen LogP contribution is 2.48. The van der Waals surface area contributed by atoms with Gasteiger partial charge in [-0.1, -0.05) is 12.8 Å². The molecule has 0 aromatic rings. The molecule has 0 amide bonds. The maximum atomic E-state index is 5.85. The first kappa shape index (κ1) is 9.17. The minimum absolute atomic E-state index is 0.214. The highest BCUT2D eigenvalue weighted by molar-refractivity contribution is 5.09. The average Bonchev–Trinajstić information content (AvgIpc) is 2.83. The molecule has 3 rings (SSSR count). The number of methoxy groups -OCH3 is 1. The summed E-state index contributed by atoms with van der Waals surface area (Å²) >= 11 is 0. The van der Waals surface area contributed by atoms with E-state index in [1.54, 1.807) is 0 Å². The Kier molecular flexibility index (Phi) is 2.10. The summed E-state index contributed by atoms with van der Waals surface area (Å²) in [6.45, 7) is 1.25. The van der Waals surface area contributed by atoms with Crippen LogP contribution in [-0.2, 0) is 4.74 Å². The van der Waals surface area contributed by atoms with E-state index in [9.17, 15) is 0 Å². The minimum Gasteiger partial charge on any atom is -0.377 e. The molecule has 2 nitrogen and oxygen atoms in total. The number of hydrogen-bond donors (Lipinski definition) is 1. The van der Waals surface area contributed by atoms with E-state index in [2.05, 4.69) is 5.32 Å². The highest BCUT2D eigenvalue weighted by Gasteiger charge is 2.53. The Morgan fingerprint density at radius 2 is 1.93 bits per heavy atom. The Labute approximate surface area is 86.4 Å². The van der Waals surface area contributed by atoms with Crippen molar-refractivity contribution in [2.45, 2.75) is 50.2 Å². The van der Waals surface area contributed by atoms with Crippen LogP contribution in [0.25, 0.3) is 0 Å². The van der Waals surface area contributed by atoms with Crippen LogP contribution in [0.3, 0.4) is 0 Å². The first-order chi connectivity index (χ1) is 6.86. The molecule has 14 heavy (non-hydrogen) atoms. The number of ether oxygens (including phenoxy) is 1. The van der Waals surface area contributed by atoms with E-state index < -0.39 is 0 Å². The lowest BCUT2D eigenvalue weighted by Gasteiger charge is -2.49. The van der Waals surface area contributed by atoms with E-state index in [1.807, 2.05) is 7.11 Å². The second-order valence-corrected chi connectivity index (χ2v) is 5.36. The summed E-state index contributed by atoms with van der Waals surface area (Å²) in [7, 11) is 1.91. The lowest BCUT2D eigenvalue weighted by molar-refractivity contribution is -0.0798. The number of rotatable bonds is 3. The molecule has 0 bridgehead atoms. The van der Waals surface area contributed by atoms with Crippen LogP contribution in [0.15, 0.2) is 0 Å². The third kappa shape index (κ3) is 1.24. The number of hydrogen-bond acceptors (Lipinski definition) is 2. The van der Waals surface area contributed by atoms with Crippen molar-refractivity contribution in [3.63, 3.8) is 0 Å². The fourth-order valence-corrected chi connectivity index (χ4v) is 3.53. The van der Waals surface area contributed by atoms with Gasteiger partial charge in [0.2, 0.25) is 0 Å². The van der Waals surface area contributed by atoms with Gasteiger partial charge in [-0.2, -0.15) is 0 Å². The SMILES string of the molecule is COC1(C2NCC2C2CC2)CCCC1. The van der Waals surface area contributed by atoms with Crippen LogP contribution in [0.4, 0.5) is 0 Å². The molecule has 3 aliphatic rings. The molecule has 0 radical (unpaired) electrons. The lowest BCUT2D eigenvalue weighted by Crippen LogP contribution is -2.65. The van der Waals surface area contributed by atoms with Gasteiger partial charge in [-0.25, -0.2) is 0 Å². The van der Waals surface area contributed by atoms with E-state index in [0.717, 1.165) is 11.8 Å². The van der Waals surface area contributed by atoms with Gasteiger partial charge in [0, 0.05) is 19.7 Å². The maximum Gasteiger partial charge on any atom is 0.0834 e. The third-order valence-corrected chi connectivity index (χ3v) is 4.65. The summed E-state index contributed by atoms with van der Waals surface area (Å²) in [5, 5.41) is 3.63. The topological polar surface area (TPSA) is 21.3 Å². The van der Waals surface area contributed by atoms with Crippen molar-refractivity contribution in [2.24, 2.45) is 11.8 Å². The molecule has 1 aliphatic heterocycles. The summed E-state index contributed by atoms with van der Waals surface area (Å²) in [6.07, 6.45) is 8.24. The van der Waals surface area contributed by atoms with Gasteiger partial charge in [0.15, 0.2) is 0 Å². The lowest BCUT2D eigenvalue weighted by atomic mass is 9.75. The predicted octanol–water partition coefficient (Wildman–Crippen LogP) is 1.94. The normalized spacial score (nSPS) is 40.9. The predicted molar refractivity (Wildman–Crippen MR) is 56.2 cm³/mol. The largest absolute Gasteiger partial charge is 0.377 e. The maximum absolute atomic E-state index is 5.85. The van der Waals surface area contributed by atoms with E-state index in [-0.39, 0.29) is 5.60 Å². The summed E-state index contributed by atoms with van der Waals surface area (Å²) in [6, 6.07) is 0.683. The van der Waals surface area contributed by atoms with Crippen LogP contribution < -0.4 is 5.32 Å². The van der Waals surface area contributed by atoms with Crippen molar-refractivity contribution in [1.29, 1.82) is 0 Å². The molecule has 0 aromatic carbocycles. The Bertz CT molecular complexity index is 218. The number of nitrogens with one attached hydrogen (secondary N) is 1. The summed E-state index contributed by atoms with van der Waals surface area (Å²) < 4.78 is 5.85. The molecule has 0 aromatic heterocycles. The van der Waals surface area contributed by atoms with Gasteiger partial charge in [-0.3, -0.25) is 0 Å². The smallest absolute Gasteiger partial charge is 0.0834 e. The molecule has 80 valence electrons. The minimum atomic E-state index is 0.214. The summed E-state index contributed by atoms with van der Waals surface area (Å²) in [4.78, 5) is 0. The second kappa shape index (κ2) is 3.21. The van der Waals surface area contributed by atoms with Crippen LogP contribution in [0.1, 0.15) is 38.5 Å². The Hall–Kier alpha value is -0.0800. The Morgan fingerprint density at radius 3 is 2.36 bits per heavy atom. The zero-order chi connectivity index (χ0) is 9.60. The molecule has 3 fully saturated rings. The van der Waals surface area contributed by atoms with Crippen LogP contribution in [0.2, 0.25) is 0 Å². The van der Waals surface area contributed by atoms with E-state index >= 15 is 0 Å². The van der Waals surface area contributed by atoms with Gasteiger partial charge >= 0.3 is 0 Å². The van der Waals surface area contributed by atoms with Gasteiger partial charge in [0.25, 0.3) is 0 Å². The van der Waals surface area contributed by atoms with Crippen molar-refractivity contribution in [2.75, 3.05) is 13.7 Å². The average molecular weight is 195 g/mol. The second-order valence-electron chi connectivity index (χ2n) is 5.36. The van der Waals surface area contributed by atoms with E-state index in [0.29, 0.717) is 6.04 Å². The van der Waals surface area contributed by atoms with E-state index in [1.165, 1.54) is 45.1 Å². The molecule has 0 spiro atoms. The quantitative estimate of drug-likeness (QED) is 0.743. The molecular weight excluding hydrogens is 174 g/mol. The van der Waals surface area contributed by atoms with Crippen LogP contribution in [0.5, 0.6) is 0 Å². The molecule has 2 aliphatic carbocycles. The Balaban J connectivity index is 1.72. The standard InChI is InChI=1S/C12H21NO/c1-14-12(6-2-3-7-12)11-10(8-13-11)9-4-5-9/h9-11,13H,2-8H2,1H3. The van der Waals surface area contributed by atoms with Crippen molar-refractivity contribution < 1.29 is 4.74 Å². The fourth-order valence-electron chi connectivity index (χ4n) is 3.53. The van der Waals surface area contributed by atoms with Crippen molar-refractivity contribution in [3.8, 4) is 0 Å². The van der Waals surface area contributed by atoms with Gasteiger partial charge in [-0.05, 0) is 37.5 Å². The monoisotopic (exact) mass is 195 g/mol. The molecule has 2 atom stereocenters. The van der Waals surface area contributed by atoms with E-state index in [4.69, 9.17) is 4.74 Å². The van der Waals surface area contributed by atoms with Crippen LogP contribution in [-0.4, -0.2) is 25.3 Å². The first-order valence-corrected chi connectivity index (χ1v) is 6.14. The molecule has 2 saturated carbocycles. The summed E-state index contributed by atoms with van der Waals surface area (Å²) in [5.41, 5.74) is 0.214. The zero-order valence-electron chi connectivity index (χ0n) is 9.09. The molecule has 1 heterocycles. The van der Waals surface area contributed by atoms with Gasteiger partial charge < -0.3 is 10.1 Å². The first-order valence-electron chi connectivity index (χ1n) is 6.14. The van der Waals surface area contributed by atoms with Crippen molar-refractivity contribution in [1.82, 2.24) is 5.32 Å². The van der Waals surface area contributed by atoms with Crippen LogP contribution in [0, 0.1) is 11.8 Å². The Morgan fingerprint density at radius 1 is 1.21 bits per heavy atom. The molecule has 2 unspecified atom stereocenters. The third-order valence-electron chi connectivity index (χ3n) is 4.65. The fraction of sp³-hybridized carbons (Fsp3) is 1.00. The molecule has 2 heteroatoms. The highest BCUT2D eigenvalue weighted by atomic mass is 16.5. The zero-order valence-corrected chi connectivity index (χ0v) is 9.09. The van der Waals surface area contributed by atoms with Gasteiger partial charge in [0.1, 0.15) is 0 Å². The van der Waals surface area contributed by atoms with Gasteiger partial charge in [-0.15, -0.1) is 0 Å². The van der Waals surface area contributed by atoms with Crippen molar-refractivity contribution >= 4 is 0 Å².